The zero-order chi connectivity index (χ0) is 19.3. The van der Waals surface area contributed by atoms with Crippen molar-refractivity contribution in [3.63, 3.8) is 0 Å². The van der Waals surface area contributed by atoms with Gasteiger partial charge in [0.25, 0.3) is 5.91 Å². The molecule has 144 valence electrons. The van der Waals surface area contributed by atoms with Gasteiger partial charge in [-0.2, -0.15) is 9.41 Å². The molecule has 0 saturated heterocycles. The predicted molar refractivity (Wildman–Crippen MR) is 105 cm³/mol. The number of benzene rings is 1. The molecule has 0 bridgehead atoms. The molecule has 0 radical (unpaired) electrons. The van der Waals surface area contributed by atoms with E-state index in [4.69, 9.17) is 0 Å². The first-order valence-corrected chi connectivity index (χ1v) is 10.7. The van der Waals surface area contributed by atoms with Crippen LogP contribution in [0.25, 0.3) is 0 Å². The summed E-state index contributed by atoms with van der Waals surface area (Å²) >= 11 is 0. The first-order valence-electron chi connectivity index (χ1n) is 8.85. The smallest absolute Gasteiger partial charge is 0.251 e. The average molecular weight is 381 g/mol. The highest BCUT2D eigenvalue weighted by Gasteiger charge is 2.19. The van der Waals surface area contributed by atoms with Gasteiger partial charge in [-0.05, 0) is 51.5 Å². The molecule has 0 spiro atoms. The number of carbonyl (C=O) groups is 1. The Kier molecular flexibility index (Phi) is 6.77. The van der Waals surface area contributed by atoms with E-state index >= 15 is 0 Å². The van der Waals surface area contributed by atoms with E-state index in [0.29, 0.717) is 25.1 Å². The van der Waals surface area contributed by atoms with Gasteiger partial charge in [-0.15, -0.1) is 0 Å². The van der Waals surface area contributed by atoms with Crippen molar-refractivity contribution in [1.82, 2.24) is 9.62 Å². The molecular formula is C18H28N4O3S. The minimum absolute atomic E-state index is 0.0925. The van der Waals surface area contributed by atoms with Crippen LogP contribution in [-0.2, 0) is 10.0 Å². The predicted octanol–water partition coefficient (Wildman–Crippen LogP) is 2.06. The van der Waals surface area contributed by atoms with Crippen LogP contribution in [0.3, 0.4) is 0 Å². The van der Waals surface area contributed by atoms with Crippen molar-refractivity contribution in [1.29, 1.82) is 0 Å². The second kappa shape index (κ2) is 8.64. The van der Waals surface area contributed by atoms with Gasteiger partial charge in [-0.25, -0.2) is 8.42 Å². The van der Waals surface area contributed by atoms with Gasteiger partial charge >= 0.3 is 0 Å². The maximum absolute atomic E-state index is 12.2. The van der Waals surface area contributed by atoms with Crippen molar-refractivity contribution in [2.24, 2.45) is 5.10 Å². The molecule has 1 aliphatic rings. The third-order valence-electron chi connectivity index (χ3n) is 4.25. The van der Waals surface area contributed by atoms with Crippen LogP contribution in [-0.4, -0.2) is 56.3 Å². The van der Waals surface area contributed by atoms with Gasteiger partial charge in [0.15, 0.2) is 0 Å². The number of rotatable bonds is 8. The lowest BCUT2D eigenvalue weighted by Gasteiger charge is -2.23. The van der Waals surface area contributed by atoms with Crippen LogP contribution < -0.4 is 10.3 Å². The van der Waals surface area contributed by atoms with Gasteiger partial charge < -0.3 is 5.32 Å². The Hall–Kier alpha value is -1.93. The SMILES string of the molecule is CC1=NN(c2ccc(C(=O)NCCCN(C(C)C)S(C)(=O)=O)cc2)CC1. The molecule has 1 N–H and O–H groups in total. The molecule has 0 fully saturated rings. The molecule has 1 aromatic carbocycles. The normalized spacial score (nSPS) is 14.8. The average Bonchev–Trinajstić information content (AvgIpc) is 2.99. The zero-order valence-corrected chi connectivity index (χ0v) is 16.7. The van der Waals surface area contributed by atoms with Crippen LogP contribution in [0.15, 0.2) is 29.4 Å². The fourth-order valence-corrected chi connectivity index (χ4v) is 4.12. The Morgan fingerprint density at radius 3 is 2.46 bits per heavy atom. The van der Waals surface area contributed by atoms with Crippen molar-refractivity contribution < 1.29 is 13.2 Å². The van der Waals surface area contributed by atoms with Crippen LogP contribution in [0.4, 0.5) is 5.69 Å². The summed E-state index contributed by atoms with van der Waals surface area (Å²) in [5.74, 6) is -0.159. The van der Waals surface area contributed by atoms with E-state index in [1.165, 1.54) is 10.6 Å². The molecule has 1 amide bonds. The number of amides is 1. The molecule has 26 heavy (non-hydrogen) atoms. The number of hydrogen-bond acceptors (Lipinski definition) is 5. The topological polar surface area (TPSA) is 82.1 Å². The quantitative estimate of drug-likeness (QED) is 0.700. The van der Waals surface area contributed by atoms with Gasteiger partial charge in [-0.1, -0.05) is 0 Å². The third kappa shape index (κ3) is 5.54. The van der Waals surface area contributed by atoms with Gasteiger partial charge in [0.05, 0.1) is 11.9 Å². The second-order valence-electron chi connectivity index (χ2n) is 6.83. The first-order chi connectivity index (χ1) is 12.2. The van der Waals surface area contributed by atoms with Crippen LogP contribution in [0, 0.1) is 0 Å². The number of hydrazone groups is 1. The third-order valence-corrected chi connectivity index (χ3v) is 5.70. The summed E-state index contributed by atoms with van der Waals surface area (Å²) in [7, 11) is -3.23. The summed E-state index contributed by atoms with van der Waals surface area (Å²) in [6.45, 7) is 7.37. The number of nitrogens with one attached hydrogen (secondary N) is 1. The van der Waals surface area contributed by atoms with Crippen LogP contribution in [0.5, 0.6) is 0 Å². The van der Waals surface area contributed by atoms with Crippen molar-refractivity contribution >= 4 is 27.3 Å². The van der Waals surface area contributed by atoms with Crippen LogP contribution >= 0.6 is 0 Å². The molecule has 0 atom stereocenters. The van der Waals surface area contributed by atoms with Gasteiger partial charge in [0.1, 0.15) is 0 Å². The molecule has 1 heterocycles. The van der Waals surface area contributed by atoms with Crippen LogP contribution in [0.2, 0.25) is 0 Å². The van der Waals surface area contributed by atoms with E-state index in [2.05, 4.69) is 10.4 Å². The van der Waals surface area contributed by atoms with Crippen LogP contribution in [0.1, 0.15) is 44.0 Å². The summed E-state index contributed by atoms with van der Waals surface area (Å²) in [5.41, 5.74) is 2.66. The zero-order valence-electron chi connectivity index (χ0n) is 15.9. The van der Waals surface area contributed by atoms with Gasteiger partial charge in [-0.3, -0.25) is 9.80 Å². The lowest BCUT2D eigenvalue weighted by molar-refractivity contribution is 0.0952. The maximum atomic E-state index is 12.2. The molecule has 7 nitrogen and oxygen atoms in total. The van der Waals surface area contributed by atoms with E-state index in [-0.39, 0.29) is 11.9 Å². The number of anilines is 1. The van der Waals surface area contributed by atoms with Crippen molar-refractivity contribution in [3.8, 4) is 0 Å². The number of nitrogens with zero attached hydrogens (tertiary/aromatic N) is 3. The maximum Gasteiger partial charge on any atom is 0.251 e. The van der Waals surface area contributed by atoms with Crippen molar-refractivity contribution in [2.45, 2.75) is 39.7 Å². The largest absolute Gasteiger partial charge is 0.352 e. The van der Waals surface area contributed by atoms with E-state index in [0.717, 1.165) is 24.4 Å². The number of carbonyl (C=O) groups excluding carboxylic acids is 1. The second-order valence-corrected chi connectivity index (χ2v) is 8.77. The lowest BCUT2D eigenvalue weighted by atomic mass is 10.2. The highest BCUT2D eigenvalue weighted by Crippen LogP contribution is 2.19. The summed E-state index contributed by atoms with van der Waals surface area (Å²) in [6, 6.07) is 7.25. The van der Waals surface area contributed by atoms with Gasteiger partial charge in [0, 0.05) is 43.4 Å². The summed E-state index contributed by atoms with van der Waals surface area (Å²) < 4.78 is 24.9. The number of hydrogen-bond donors (Lipinski definition) is 1. The molecule has 8 heteroatoms. The molecule has 0 aromatic heterocycles. The fourth-order valence-electron chi connectivity index (χ4n) is 2.89. The standard InChI is InChI=1S/C18H28N4O3S/c1-14(2)22(26(4,24)25)12-5-11-19-18(23)16-6-8-17(9-7-16)21-13-10-15(3)20-21/h6-9,14H,5,10-13H2,1-4H3,(H,19,23). The monoisotopic (exact) mass is 380 g/mol. The van der Waals surface area contributed by atoms with Crippen molar-refractivity contribution in [3.05, 3.63) is 29.8 Å². The lowest BCUT2D eigenvalue weighted by Crippen LogP contribution is -2.38. The van der Waals surface area contributed by atoms with E-state index < -0.39 is 10.0 Å². The Bertz CT molecular complexity index is 757. The highest BCUT2D eigenvalue weighted by molar-refractivity contribution is 7.88. The highest BCUT2D eigenvalue weighted by atomic mass is 32.2. The number of sulfonamides is 1. The molecular weight excluding hydrogens is 352 g/mol. The van der Waals surface area contributed by atoms with Gasteiger partial charge in [0.2, 0.25) is 10.0 Å². The summed E-state index contributed by atoms with van der Waals surface area (Å²) in [4.78, 5) is 12.2. The Balaban J connectivity index is 1.83. The first kappa shape index (κ1) is 20.4. The summed E-state index contributed by atoms with van der Waals surface area (Å²) in [5, 5.41) is 9.21. The molecule has 1 aliphatic heterocycles. The Morgan fingerprint density at radius 1 is 1.31 bits per heavy atom. The molecule has 0 saturated carbocycles. The molecule has 2 rings (SSSR count). The molecule has 0 aliphatic carbocycles. The molecule has 0 unspecified atom stereocenters. The van der Waals surface area contributed by atoms with E-state index in [1.54, 1.807) is 12.1 Å². The fraction of sp³-hybridized carbons (Fsp3) is 0.556. The van der Waals surface area contributed by atoms with Crippen molar-refractivity contribution in [2.75, 3.05) is 30.9 Å². The Morgan fingerprint density at radius 2 is 1.96 bits per heavy atom. The minimum atomic E-state index is -3.23. The van der Waals surface area contributed by atoms with E-state index in [1.807, 2.05) is 37.9 Å². The summed E-state index contributed by atoms with van der Waals surface area (Å²) in [6.07, 6.45) is 2.74. The molecule has 1 aromatic rings. The Labute approximate surface area is 156 Å². The minimum Gasteiger partial charge on any atom is -0.352 e. The van der Waals surface area contributed by atoms with E-state index in [9.17, 15) is 13.2 Å².